The quantitative estimate of drug-likeness (QED) is 0.599. The van der Waals surface area contributed by atoms with E-state index >= 15 is 0 Å². The number of hydrogen-bond acceptors (Lipinski definition) is 6. The Balaban J connectivity index is 1.89. The summed E-state index contributed by atoms with van der Waals surface area (Å²) < 4.78 is 2.86. The van der Waals surface area contributed by atoms with Gasteiger partial charge in [-0.25, -0.2) is 4.98 Å². The molecule has 1 aliphatic heterocycles. The molecule has 1 amide bonds. The molecule has 9 heteroatoms. The lowest BCUT2D eigenvalue weighted by molar-refractivity contribution is 0.0640. The third-order valence-electron chi connectivity index (χ3n) is 5.48. The third kappa shape index (κ3) is 3.32. The summed E-state index contributed by atoms with van der Waals surface area (Å²) in [6.45, 7) is 5.62. The van der Waals surface area contributed by atoms with Crippen molar-refractivity contribution in [3.05, 3.63) is 51.9 Å². The number of aliphatic hydroxyl groups excluding tert-OH is 1. The Hall–Kier alpha value is -3.04. The van der Waals surface area contributed by atoms with Crippen LogP contribution < -0.4 is 11.0 Å². The maximum absolute atomic E-state index is 13.2. The number of pyridine rings is 2. The van der Waals surface area contributed by atoms with Crippen LogP contribution in [0.5, 0.6) is 0 Å². The fraction of sp³-hybridized carbons (Fsp3) is 0.400. The largest absolute Gasteiger partial charge is 0.395 e. The van der Waals surface area contributed by atoms with Gasteiger partial charge in [0.1, 0.15) is 16.8 Å². The van der Waals surface area contributed by atoms with Gasteiger partial charge in [0.25, 0.3) is 11.5 Å². The van der Waals surface area contributed by atoms with E-state index in [0.717, 1.165) is 19.6 Å². The van der Waals surface area contributed by atoms with E-state index in [1.807, 2.05) is 0 Å². The first kappa shape index (κ1) is 19.3. The normalized spacial score (nSPS) is 15.3. The molecule has 0 aromatic carbocycles. The SMILES string of the molecule is CCN1CCN(C(=O)c2cc3c(=O)n4ccccc4nc3n(CCO)c2=N)CC1. The van der Waals surface area contributed by atoms with E-state index in [0.29, 0.717) is 24.4 Å². The second-order valence-electron chi connectivity index (χ2n) is 7.09. The van der Waals surface area contributed by atoms with E-state index in [9.17, 15) is 14.7 Å². The van der Waals surface area contributed by atoms with E-state index in [4.69, 9.17) is 5.41 Å². The van der Waals surface area contributed by atoms with E-state index in [1.165, 1.54) is 15.0 Å². The number of rotatable bonds is 4. The Morgan fingerprint density at radius 2 is 2.00 bits per heavy atom. The van der Waals surface area contributed by atoms with Gasteiger partial charge in [0, 0.05) is 38.9 Å². The molecule has 3 aromatic rings. The first-order valence-corrected chi connectivity index (χ1v) is 9.77. The van der Waals surface area contributed by atoms with E-state index < -0.39 is 0 Å². The molecule has 4 rings (SSSR count). The Kier molecular flexibility index (Phi) is 5.16. The molecule has 0 unspecified atom stereocenters. The minimum Gasteiger partial charge on any atom is -0.395 e. The molecule has 0 bridgehead atoms. The van der Waals surface area contributed by atoms with Crippen LogP contribution in [0.15, 0.2) is 35.3 Å². The van der Waals surface area contributed by atoms with Gasteiger partial charge in [-0.2, -0.15) is 0 Å². The summed E-state index contributed by atoms with van der Waals surface area (Å²) in [5.74, 6) is -0.267. The molecule has 0 radical (unpaired) electrons. The maximum Gasteiger partial charge on any atom is 0.267 e. The highest BCUT2D eigenvalue weighted by Gasteiger charge is 2.24. The van der Waals surface area contributed by atoms with Gasteiger partial charge in [-0.05, 0) is 24.7 Å². The molecule has 29 heavy (non-hydrogen) atoms. The van der Waals surface area contributed by atoms with Crippen LogP contribution in [-0.4, -0.2) is 74.1 Å². The Morgan fingerprint density at radius 1 is 1.24 bits per heavy atom. The lowest BCUT2D eigenvalue weighted by atomic mass is 10.1. The smallest absolute Gasteiger partial charge is 0.267 e. The van der Waals surface area contributed by atoms with Crippen molar-refractivity contribution in [3.63, 3.8) is 0 Å². The van der Waals surface area contributed by atoms with Gasteiger partial charge < -0.3 is 19.5 Å². The summed E-state index contributed by atoms with van der Waals surface area (Å²) in [6, 6.07) is 6.70. The molecular weight excluding hydrogens is 372 g/mol. The molecule has 4 heterocycles. The number of aliphatic hydroxyl groups is 1. The molecule has 1 saturated heterocycles. The number of piperazine rings is 1. The zero-order chi connectivity index (χ0) is 20.5. The number of hydrogen-bond donors (Lipinski definition) is 2. The summed E-state index contributed by atoms with van der Waals surface area (Å²) in [6.07, 6.45) is 1.63. The van der Waals surface area contributed by atoms with Crippen molar-refractivity contribution in [1.82, 2.24) is 23.8 Å². The predicted octanol–water partition coefficient (Wildman–Crippen LogP) is -0.101. The Morgan fingerprint density at radius 3 is 2.69 bits per heavy atom. The van der Waals surface area contributed by atoms with Crippen LogP contribution in [0.2, 0.25) is 0 Å². The molecule has 152 valence electrons. The molecule has 0 spiro atoms. The van der Waals surface area contributed by atoms with Crippen LogP contribution >= 0.6 is 0 Å². The van der Waals surface area contributed by atoms with E-state index in [-0.39, 0.29) is 41.1 Å². The van der Waals surface area contributed by atoms with Crippen LogP contribution in [0.4, 0.5) is 0 Å². The second-order valence-corrected chi connectivity index (χ2v) is 7.09. The van der Waals surface area contributed by atoms with Crippen molar-refractivity contribution in [2.75, 3.05) is 39.3 Å². The first-order valence-electron chi connectivity index (χ1n) is 9.77. The van der Waals surface area contributed by atoms with Gasteiger partial charge in [-0.1, -0.05) is 13.0 Å². The van der Waals surface area contributed by atoms with Crippen LogP contribution in [0.3, 0.4) is 0 Å². The average Bonchev–Trinajstić information content (AvgIpc) is 2.75. The number of aromatic nitrogens is 3. The minimum atomic E-state index is -0.304. The number of likely N-dealkylation sites (N-methyl/N-ethyl adjacent to an activating group) is 1. The third-order valence-corrected chi connectivity index (χ3v) is 5.48. The van der Waals surface area contributed by atoms with Crippen molar-refractivity contribution in [1.29, 1.82) is 5.41 Å². The summed E-state index contributed by atoms with van der Waals surface area (Å²) in [7, 11) is 0. The molecule has 9 nitrogen and oxygen atoms in total. The fourth-order valence-corrected chi connectivity index (χ4v) is 3.81. The maximum atomic E-state index is 13.2. The molecule has 1 aliphatic rings. The highest BCUT2D eigenvalue weighted by Crippen LogP contribution is 2.13. The van der Waals surface area contributed by atoms with Crippen molar-refractivity contribution >= 4 is 22.6 Å². The van der Waals surface area contributed by atoms with Crippen LogP contribution in [0.25, 0.3) is 16.7 Å². The topological polar surface area (TPSA) is 107 Å². The number of carbonyl (C=O) groups is 1. The monoisotopic (exact) mass is 396 g/mol. The lowest BCUT2D eigenvalue weighted by Gasteiger charge is -2.34. The second kappa shape index (κ2) is 7.76. The van der Waals surface area contributed by atoms with Gasteiger partial charge in [0.15, 0.2) is 0 Å². The van der Waals surface area contributed by atoms with Gasteiger partial charge in [0.2, 0.25) is 0 Å². The summed E-state index contributed by atoms with van der Waals surface area (Å²) in [5, 5.41) is 18.3. The summed E-state index contributed by atoms with van der Waals surface area (Å²) >= 11 is 0. The van der Waals surface area contributed by atoms with Crippen molar-refractivity contribution < 1.29 is 9.90 Å². The number of fused-ring (bicyclic) bond motifs is 2. The minimum absolute atomic E-state index is 0.0401. The Labute approximate surface area is 166 Å². The number of amides is 1. The highest BCUT2D eigenvalue weighted by molar-refractivity contribution is 5.97. The highest BCUT2D eigenvalue weighted by atomic mass is 16.3. The predicted molar refractivity (Wildman–Crippen MR) is 108 cm³/mol. The number of carbonyl (C=O) groups excluding carboxylic acids is 1. The summed E-state index contributed by atoms with van der Waals surface area (Å²) in [5.41, 5.74) is 0.563. The molecular formula is C20H24N6O3. The zero-order valence-electron chi connectivity index (χ0n) is 16.3. The fourth-order valence-electron chi connectivity index (χ4n) is 3.81. The van der Waals surface area contributed by atoms with Gasteiger partial charge in [-0.15, -0.1) is 0 Å². The molecule has 0 atom stereocenters. The van der Waals surface area contributed by atoms with Crippen molar-refractivity contribution in [2.45, 2.75) is 13.5 Å². The van der Waals surface area contributed by atoms with Crippen LogP contribution in [0, 0.1) is 5.41 Å². The van der Waals surface area contributed by atoms with Gasteiger partial charge >= 0.3 is 0 Å². The Bertz CT molecular complexity index is 1190. The molecule has 0 aliphatic carbocycles. The molecule has 1 fully saturated rings. The number of nitrogens with zero attached hydrogens (tertiary/aromatic N) is 5. The van der Waals surface area contributed by atoms with Crippen LogP contribution in [0.1, 0.15) is 17.3 Å². The first-order chi connectivity index (χ1) is 14.0. The lowest BCUT2D eigenvalue weighted by Crippen LogP contribution is -2.49. The average molecular weight is 396 g/mol. The van der Waals surface area contributed by atoms with Gasteiger partial charge in [0.05, 0.1) is 17.6 Å². The van der Waals surface area contributed by atoms with Crippen LogP contribution in [-0.2, 0) is 6.54 Å². The van der Waals surface area contributed by atoms with E-state index in [1.54, 1.807) is 29.3 Å². The van der Waals surface area contributed by atoms with Crippen molar-refractivity contribution in [3.8, 4) is 0 Å². The molecule has 3 aromatic heterocycles. The standard InChI is InChI=1S/C20H24N6O3/c1-2-23-7-9-24(10-8-23)19(28)14-13-15-18(26(11-12-27)17(14)21)22-16-5-3-4-6-25(16)20(15)29/h3-6,13,21,27H,2,7-12H2,1H3. The molecule has 2 N–H and O–H groups in total. The van der Waals surface area contributed by atoms with Crippen molar-refractivity contribution in [2.24, 2.45) is 0 Å². The number of nitrogens with one attached hydrogen (secondary N) is 1. The summed E-state index contributed by atoms with van der Waals surface area (Å²) in [4.78, 5) is 34.7. The zero-order valence-corrected chi connectivity index (χ0v) is 16.3. The van der Waals surface area contributed by atoms with E-state index in [2.05, 4.69) is 16.8 Å². The molecule has 0 saturated carbocycles. The van der Waals surface area contributed by atoms with Gasteiger partial charge in [-0.3, -0.25) is 19.4 Å².